The SMILES string of the molecule is Clc1ccc(CCC(c2ccccc2)c2ccccc2)cn1. The van der Waals surface area contributed by atoms with Crippen molar-refractivity contribution in [3.8, 4) is 0 Å². The highest BCUT2D eigenvalue weighted by molar-refractivity contribution is 6.29. The van der Waals surface area contributed by atoms with Gasteiger partial charge in [0.2, 0.25) is 0 Å². The molecule has 22 heavy (non-hydrogen) atoms. The Labute approximate surface area is 136 Å². The number of hydrogen-bond acceptors (Lipinski definition) is 1. The molecule has 0 fully saturated rings. The standard InChI is InChI=1S/C20H18ClN/c21-20-14-12-16(15-22-20)11-13-19(17-7-3-1-4-8-17)18-9-5-2-6-10-18/h1-10,12,14-15,19H,11,13H2. The van der Waals surface area contributed by atoms with Gasteiger partial charge in [0.25, 0.3) is 0 Å². The van der Waals surface area contributed by atoms with Crippen LogP contribution in [-0.2, 0) is 6.42 Å². The van der Waals surface area contributed by atoms with Crippen LogP contribution in [0, 0.1) is 0 Å². The second kappa shape index (κ2) is 7.24. The molecule has 0 bridgehead atoms. The van der Waals surface area contributed by atoms with Crippen molar-refractivity contribution in [2.24, 2.45) is 0 Å². The molecule has 110 valence electrons. The molecule has 3 aromatic rings. The summed E-state index contributed by atoms with van der Waals surface area (Å²) in [4.78, 5) is 4.17. The van der Waals surface area contributed by atoms with Crippen molar-refractivity contribution in [2.75, 3.05) is 0 Å². The molecule has 1 heterocycles. The Morgan fingerprint density at radius 2 is 1.36 bits per heavy atom. The molecule has 0 atom stereocenters. The first kappa shape index (κ1) is 14.8. The number of aromatic nitrogens is 1. The van der Waals surface area contributed by atoms with Crippen molar-refractivity contribution in [3.63, 3.8) is 0 Å². The van der Waals surface area contributed by atoms with Crippen LogP contribution in [0.4, 0.5) is 0 Å². The minimum absolute atomic E-state index is 0.401. The maximum Gasteiger partial charge on any atom is 0.129 e. The van der Waals surface area contributed by atoms with Crippen LogP contribution in [0.1, 0.15) is 29.0 Å². The Balaban J connectivity index is 1.81. The lowest BCUT2D eigenvalue weighted by Gasteiger charge is -2.18. The van der Waals surface area contributed by atoms with Crippen LogP contribution in [-0.4, -0.2) is 4.98 Å². The van der Waals surface area contributed by atoms with Gasteiger partial charge in [0.15, 0.2) is 0 Å². The van der Waals surface area contributed by atoms with Crippen molar-refractivity contribution in [3.05, 3.63) is 101 Å². The fraction of sp³-hybridized carbons (Fsp3) is 0.150. The zero-order chi connectivity index (χ0) is 15.2. The molecule has 0 unspecified atom stereocenters. The molecular weight excluding hydrogens is 290 g/mol. The molecule has 0 aliphatic rings. The summed E-state index contributed by atoms with van der Waals surface area (Å²) in [5, 5.41) is 0.548. The topological polar surface area (TPSA) is 12.9 Å². The summed E-state index contributed by atoms with van der Waals surface area (Å²) in [5.74, 6) is 0.401. The number of halogens is 1. The average molecular weight is 308 g/mol. The quantitative estimate of drug-likeness (QED) is 0.567. The van der Waals surface area contributed by atoms with Gasteiger partial charge in [0.1, 0.15) is 5.15 Å². The fourth-order valence-electron chi connectivity index (χ4n) is 2.76. The number of nitrogens with zero attached hydrogens (tertiary/aromatic N) is 1. The molecule has 0 aliphatic carbocycles. The monoisotopic (exact) mass is 307 g/mol. The molecule has 2 heteroatoms. The minimum Gasteiger partial charge on any atom is -0.244 e. The first-order chi connectivity index (χ1) is 10.8. The molecule has 0 saturated heterocycles. The van der Waals surface area contributed by atoms with E-state index in [0.717, 1.165) is 12.8 Å². The summed E-state index contributed by atoms with van der Waals surface area (Å²) in [5.41, 5.74) is 3.94. The first-order valence-electron chi connectivity index (χ1n) is 7.53. The van der Waals surface area contributed by atoms with Crippen molar-refractivity contribution in [1.29, 1.82) is 0 Å². The van der Waals surface area contributed by atoms with Crippen LogP contribution < -0.4 is 0 Å². The predicted molar refractivity (Wildman–Crippen MR) is 92.3 cm³/mol. The van der Waals surface area contributed by atoms with Crippen molar-refractivity contribution in [2.45, 2.75) is 18.8 Å². The highest BCUT2D eigenvalue weighted by Crippen LogP contribution is 2.29. The number of pyridine rings is 1. The van der Waals surface area contributed by atoms with Crippen molar-refractivity contribution < 1.29 is 0 Å². The summed E-state index contributed by atoms with van der Waals surface area (Å²) in [6, 6.07) is 25.3. The second-order valence-electron chi connectivity index (χ2n) is 5.40. The van der Waals surface area contributed by atoms with Crippen molar-refractivity contribution >= 4 is 11.6 Å². The maximum atomic E-state index is 5.86. The lowest BCUT2D eigenvalue weighted by molar-refractivity contribution is 0.713. The van der Waals surface area contributed by atoms with E-state index in [2.05, 4.69) is 71.7 Å². The summed E-state index contributed by atoms with van der Waals surface area (Å²) < 4.78 is 0. The Hall–Kier alpha value is -2.12. The van der Waals surface area contributed by atoms with Gasteiger partial charge in [-0.15, -0.1) is 0 Å². The second-order valence-corrected chi connectivity index (χ2v) is 5.79. The molecule has 0 amide bonds. The molecule has 0 aliphatic heterocycles. The molecule has 0 saturated carbocycles. The zero-order valence-electron chi connectivity index (χ0n) is 12.3. The Morgan fingerprint density at radius 3 is 1.86 bits per heavy atom. The summed E-state index contributed by atoms with van der Waals surface area (Å²) in [6.45, 7) is 0. The highest BCUT2D eigenvalue weighted by Gasteiger charge is 2.13. The molecule has 2 aromatic carbocycles. The third-order valence-corrected chi connectivity index (χ3v) is 4.14. The van der Waals surface area contributed by atoms with Gasteiger partial charge in [0, 0.05) is 12.1 Å². The van der Waals surface area contributed by atoms with E-state index in [1.165, 1.54) is 16.7 Å². The van der Waals surface area contributed by atoms with Gasteiger partial charge in [-0.3, -0.25) is 0 Å². The van der Waals surface area contributed by atoms with Gasteiger partial charge >= 0.3 is 0 Å². The number of aryl methyl sites for hydroxylation is 1. The summed E-state index contributed by atoms with van der Waals surface area (Å²) >= 11 is 5.86. The van der Waals surface area contributed by atoms with Crippen LogP contribution in [0.5, 0.6) is 0 Å². The maximum absolute atomic E-state index is 5.86. The number of benzene rings is 2. The lowest BCUT2D eigenvalue weighted by atomic mass is 9.86. The lowest BCUT2D eigenvalue weighted by Crippen LogP contribution is -2.03. The highest BCUT2D eigenvalue weighted by atomic mass is 35.5. The van der Waals surface area contributed by atoms with E-state index in [9.17, 15) is 0 Å². The van der Waals surface area contributed by atoms with E-state index in [1.807, 2.05) is 12.3 Å². The van der Waals surface area contributed by atoms with Gasteiger partial charge in [0.05, 0.1) is 0 Å². The predicted octanol–water partition coefficient (Wildman–Crippen LogP) is 5.50. The van der Waals surface area contributed by atoms with Gasteiger partial charge in [-0.05, 0) is 35.6 Å². The molecule has 3 rings (SSSR count). The van der Waals surface area contributed by atoms with E-state index < -0.39 is 0 Å². The molecular formula is C20H18ClN. The molecule has 0 N–H and O–H groups in total. The first-order valence-corrected chi connectivity index (χ1v) is 7.91. The molecule has 1 aromatic heterocycles. The van der Waals surface area contributed by atoms with E-state index in [-0.39, 0.29) is 0 Å². The third kappa shape index (κ3) is 3.75. The van der Waals surface area contributed by atoms with Crippen LogP contribution in [0.2, 0.25) is 5.15 Å². The van der Waals surface area contributed by atoms with Crippen LogP contribution in [0.15, 0.2) is 79.0 Å². The zero-order valence-corrected chi connectivity index (χ0v) is 13.1. The van der Waals surface area contributed by atoms with E-state index >= 15 is 0 Å². The molecule has 0 radical (unpaired) electrons. The number of hydrogen-bond donors (Lipinski definition) is 0. The fourth-order valence-corrected chi connectivity index (χ4v) is 2.87. The minimum atomic E-state index is 0.401. The van der Waals surface area contributed by atoms with Crippen LogP contribution >= 0.6 is 11.6 Å². The summed E-state index contributed by atoms with van der Waals surface area (Å²) in [6.07, 6.45) is 3.91. The van der Waals surface area contributed by atoms with E-state index in [4.69, 9.17) is 11.6 Å². The van der Waals surface area contributed by atoms with Crippen molar-refractivity contribution in [1.82, 2.24) is 4.98 Å². The van der Waals surface area contributed by atoms with Gasteiger partial charge < -0.3 is 0 Å². The Morgan fingerprint density at radius 1 is 0.773 bits per heavy atom. The number of rotatable bonds is 5. The Bertz CT molecular complexity index is 653. The third-order valence-electron chi connectivity index (χ3n) is 3.91. The van der Waals surface area contributed by atoms with Gasteiger partial charge in [-0.1, -0.05) is 78.3 Å². The molecule has 0 spiro atoms. The van der Waals surface area contributed by atoms with E-state index in [0.29, 0.717) is 11.1 Å². The smallest absolute Gasteiger partial charge is 0.129 e. The van der Waals surface area contributed by atoms with Gasteiger partial charge in [-0.25, -0.2) is 4.98 Å². The Kier molecular flexibility index (Phi) is 4.87. The molecule has 1 nitrogen and oxygen atoms in total. The van der Waals surface area contributed by atoms with Crippen LogP contribution in [0.3, 0.4) is 0 Å². The van der Waals surface area contributed by atoms with E-state index in [1.54, 1.807) is 0 Å². The van der Waals surface area contributed by atoms with Gasteiger partial charge in [-0.2, -0.15) is 0 Å². The normalized spacial score (nSPS) is 10.8. The largest absolute Gasteiger partial charge is 0.244 e. The summed E-state index contributed by atoms with van der Waals surface area (Å²) in [7, 11) is 0. The average Bonchev–Trinajstić information content (AvgIpc) is 2.59. The van der Waals surface area contributed by atoms with Crippen LogP contribution in [0.25, 0.3) is 0 Å².